The van der Waals surface area contributed by atoms with Crippen molar-refractivity contribution in [2.45, 2.75) is 43.9 Å². The lowest BCUT2D eigenvalue weighted by Gasteiger charge is -2.28. The van der Waals surface area contributed by atoms with Gasteiger partial charge in [0.05, 0.1) is 31.1 Å². The smallest absolute Gasteiger partial charge is 0.373 e. The summed E-state index contributed by atoms with van der Waals surface area (Å²) < 4.78 is 42.4. The van der Waals surface area contributed by atoms with Crippen LogP contribution in [0.4, 0.5) is 13.2 Å². The number of hydrogen-bond acceptors (Lipinski definition) is 5. The molecule has 2 aliphatic rings. The monoisotopic (exact) mass is 487 g/mol. The predicted octanol–water partition coefficient (Wildman–Crippen LogP) is 7.04. The maximum absolute atomic E-state index is 14.1. The number of oxime groups is 1. The van der Waals surface area contributed by atoms with Crippen molar-refractivity contribution in [2.75, 3.05) is 0 Å². The molecule has 2 aromatic heterocycles. The molecule has 0 amide bonds. The zero-order chi connectivity index (χ0) is 20.3. The fourth-order valence-corrected chi connectivity index (χ4v) is 6.78. The highest BCUT2D eigenvalue weighted by Crippen LogP contribution is 2.56. The maximum Gasteiger partial charge on any atom is 0.436 e. The Morgan fingerprint density at radius 2 is 1.75 bits per heavy atom. The van der Waals surface area contributed by atoms with Gasteiger partial charge < -0.3 is 4.84 Å². The Balaban J connectivity index is 1.79. The Bertz CT molecular complexity index is 999. The van der Waals surface area contributed by atoms with Crippen LogP contribution in [0.5, 0.6) is 0 Å². The van der Waals surface area contributed by atoms with Gasteiger partial charge in [-0.3, -0.25) is 4.79 Å². The molecule has 3 heterocycles. The number of fused-ring (bicyclic) bond motifs is 1. The standard InChI is InChI=1S/C17H11Cl3F3NO2S2/c18-11-12(19)15(20)28-14(11)16(17(21,22)23)5-9(24-26-16)13-8-4-2-1-3-7(8)10(6-25)27-13/h6H,1-5H2. The van der Waals surface area contributed by atoms with Crippen LogP contribution in [0.3, 0.4) is 0 Å². The molecule has 0 N–H and O–H groups in total. The van der Waals surface area contributed by atoms with Crippen molar-refractivity contribution < 1.29 is 22.8 Å². The number of halogens is 6. The summed E-state index contributed by atoms with van der Waals surface area (Å²) in [5, 5.41) is 3.37. The van der Waals surface area contributed by atoms with Gasteiger partial charge in [0.15, 0.2) is 6.29 Å². The molecule has 0 saturated heterocycles. The van der Waals surface area contributed by atoms with Crippen molar-refractivity contribution in [3.8, 4) is 0 Å². The van der Waals surface area contributed by atoms with Gasteiger partial charge in [0, 0.05) is 0 Å². The highest BCUT2D eigenvalue weighted by atomic mass is 35.5. The van der Waals surface area contributed by atoms with Crippen LogP contribution in [0.2, 0.25) is 14.4 Å². The molecular weight excluding hydrogens is 478 g/mol. The van der Waals surface area contributed by atoms with Crippen LogP contribution in [-0.2, 0) is 23.3 Å². The van der Waals surface area contributed by atoms with Gasteiger partial charge >= 0.3 is 6.18 Å². The number of thiophene rings is 2. The van der Waals surface area contributed by atoms with E-state index < -0.39 is 18.2 Å². The summed E-state index contributed by atoms with van der Waals surface area (Å²) in [4.78, 5) is 17.2. The van der Waals surface area contributed by atoms with Gasteiger partial charge in [-0.1, -0.05) is 40.0 Å². The van der Waals surface area contributed by atoms with E-state index in [0.717, 1.165) is 48.0 Å². The fourth-order valence-electron chi connectivity index (χ4n) is 3.57. The van der Waals surface area contributed by atoms with Crippen molar-refractivity contribution >= 4 is 69.5 Å². The molecular formula is C17H11Cl3F3NO2S2. The molecule has 4 rings (SSSR count). The molecule has 3 nitrogen and oxygen atoms in total. The number of carbonyl (C=O) groups excluding carboxylic acids is 1. The van der Waals surface area contributed by atoms with Crippen LogP contribution >= 0.6 is 57.5 Å². The van der Waals surface area contributed by atoms with Crippen LogP contribution in [0.1, 0.15) is 49.8 Å². The number of aldehydes is 1. The molecule has 1 aliphatic heterocycles. The summed E-state index contributed by atoms with van der Waals surface area (Å²) in [7, 11) is 0. The van der Waals surface area contributed by atoms with E-state index in [4.69, 9.17) is 39.6 Å². The molecule has 1 aliphatic carbocycles. The Morgan fingerprint density at radius 3 is 2.32 bits per heavy atom. The molecule has 1 unspecified atom stereocenters. The number of rotatable bonds is 3. The van der Waals surface area contributed by atoms with Gasteiger partial charge in [-0.05, 0) is 36.8 Å². The highest BCUT2D eigenvalue weighted by molar-refractivity contribution is 7.18. The first kappa shape index (κ1) is 20.5. The third kappa shape index (κ3) is 2.99. The zero-order valence-electron chi connectivity index (χ0n) is 14.0. The van der Waals surface area contributed by atoms with Crippen molar-refractivity contribution in [3.05, 3.63) is 40.1 Å². The lowest BCUT2D eigenvalue weighted by Crippen LogP contribution is -2.42. The first-order valence-corrected chi connectivity index (χ1v) is 11.0. The van der Waals surface area contributed by atoms with Gasteiger partial charge in [0.2, 0.25) is 0 Å². The zero-order valence-corrected chi connectivity index (χ0v) is 17.9. The molecule has 2 aromatic rings. The van der Waals surface area contributed by atoms with Gasteiger partial charge in [0.1, 0.15) is 10.0 Å². The summed E-state index contributed by atoms with van der Waals surface area (Å²) in [5.74, 6) is 0. The second-order valence-corrected chi connectivity index (χ2v) is 9.97. The van der Waals surface area contributed by atoms with E-state index in [0.29, 0.717) is 27.5 Å². The summed E-state index contributed by atoms with van der Waals surface area (Å²) in [5.41, 5.74) is -0.792. The minimum absolute atomic E-state index is 0.0425. The molecule has 28 heavy (non-hydrogen) atoms. The average molecular weight is 489 g/mol. The molecule has 0 radical (unpaired) electrons. The molecule has 0 saturated carbocycles. The largest absolute Gasteiger partial charge is 0.436 e. The van der Waals surface area contributed by atoms with Crippen LogP contribution < -0.4 is 0 Å². The van der Waals surface area contributed by atoms with Gasteiger partial charge in [-0.15, -0.1) is 22.7 Å². The quantitative estimate of drug-likeness (QED) is 0.435. The molecule has 1 atom stereocenters. The maximum atomic E-state index is 14.1. The summed E-state index contributed by atoms with van der Waals surface area (Å²) >= 11 is 19.6. The van der Waals surface area contributed by atoms with Crippen molar-refractivity contribution in [3.63, 3.8) is 0 Å². The molecule has 0 fully saturated rings. The molecule has 150 valence electrons. The normalized spacial score (nSPS) is 22.0. The van der Waals surface area contributed by atoms with E-state index in [-0.39, 0.29) is 25.0 Å². The number of hydrogen-bond donors (Lipinski definition) is 0. The lowest BCUT2D eigenvalue weighted by molar-refractivity contribution is -0.274. The van der Waals surface area contributed by atoms with Crippen LogP contribution in [-0.4, -0.2) is 18.2 Å². The number of nitrogens with zero attached hydrogens (tertiary/aromatic N) is 1. The Morgan fingerprint density at radius 1 is 1.07 bits per heavy atom. The topological polar surface area (TPSA) is 38.7 Å². The van der Waals surface area contributed by atoms with E-state index in [2.05, 4.69) is 5.16 Å². The predicted molar refractivity (Wildman–Crippen MR) is 106 cm³/mol. The van der Waals surface area contributed by atoms with E-state index in [9.17, 15) is 18.0 Å². The number of carbonyl (C=O) groups is 1. The third-order valence-electron chi connectivity index (χ3n) is 4.93. The molecule has 11 heteroatoms. The Labute approximate surface area is 181 Å². The van der Waals surface area contributed by atoms with Gasteiger partial charge in [-0.25, -0.2) is 0 Å². The van der Waals surface area contributed by atoms with Crippen molar-refractivity contribution in [1.82, 2.24) is 0 Å². The van der Waals surface area contributed by atoms with Crippen molar-refractivity contribution in [1.29, 1.82) is 0 Å². The Kier molecular flexibility index (Phi) is 5.24. The number of alkyl halides is 3. The van der Waals surface area contributed by atoms with Crippen LogP contribution in [0.25, 0.3) is 0 Å². The van der Waals surface area contributed by atoms with E-state index in [1.54, 1.807) is 0 Å². The molecule has 0 aromatic carbocycles. The van der Waals surface area contributed by atoms with Crippen molar-refractivity contribution in [2.24, 2.45) is 5.16 Å². The lowest BCUT2D eigenvalue weighted by atomic mass is 9.88. The fraction of sp³-hybridized carbons (Fsp3) is 0.412. The SMILES string of the molecule is O=Cc1sc(C2=NOC(c3sc(Cl)c(Cl)c3Cl)(C(F)(F)F)C2)c2c1CCCC2. The summed E-state index contributed by atoms with van der Waals surface area (Å²) in [6.07, 6.45) is -1.32. The second kappa shape index (κ2) is 7.16. The third-order valence-corrected chi connectivity index (χ3v) is 8.89. The van der Waals surface area contributed by atoms with Gasteiger partial charge in [-0.2, -0.15) is 13.2 Å². The molecule has 0 spiro atoms. The average Bonchev–Trinajstić information content (AvgIpc) is 3.32. The van der Waals surface area contributed by atoms with Crippen LogP contribution in [0, 0.1) is 0 Å². The van der Waals surface area contributed by atoms with E-state index in [1.807, 2.05) is 0 Å². The van der Waals surface area contributed by atoms with Gasteiger partial charge in [0.25, 0.3) is 5.60 Å². The Hall–Kier alpha value is -0.800. The van der Waals surface area contributed by atoms with E-state index >= 15 is 0 Å². The molecule has 0 bridgehead atoms. The first-order chi connectivity index (χ1) is 13.2. The summed E-state index contributed by atoms with van der Waals surface area (Å²) in [6.45, 7) is 0. The van der Waals surface area contributed by atoms with Crippen LogP contribution in [0.15, 0.2) is 5.16 Å². The summed E-state index contributed by atoms with van der Waals surface area (Å²) in [6, 6.07) is 0. The minimum Gasteiger partial charge on any atom is -0.373 e. The van der Waals surface area contributed by atoms with E-state index in [1.165, 1.54) is 0 Å². The highest BCUT2D eigenvalue weighted by Gasteiger charge is 2.64. The second-order valence-electron chi connectivity index (χ2n) is 6.54. The minimum atomic E-state index is -4.80. The first-order valence-electron chi connectivity index (χ1n) is 8.25.